The lowest BCUT2D eigenvalue weighted by atomic mass is 10.2. The number of piperazine rings is 1. The van der Waals surface area contributed by atoms with E-state index in [2.05, 4.69) is 16.8 Å². The molecule has 30 heavy (non-hydrogen) atoms. The number of thioether (sulfide) groups is 1. The number of carboxylic acid groups (broad SMARTS) is 2. The van der Waals surface area contributed by atoms with Gasteiger partial charge in [-0.2, -0.15) is 0 Å². The summed E-state index contributed by atoms with van der Waals surface area (Å²) < 4.78 is 0. The summed E-state index contributed by atoms with van der Waals surface area (Å²) in [7, 11) is 2.08. The number of hydrogen-bond acceptors (Lipinski definition) is 7. The normalized spacial score (nSPS) is 22.7. The largest absolute Gasteiger partial charge is 0.478 e. The van der Waals surface area contributed by atoms with E-state index in [4.69, 9.17) is 0 Å². The Morgan fingerprint density at radius 1 is 1.10 bits per heavy atom. The van der Waals surface area contributed by atoms with Gasteiger partial charge in [0.25, 0.3) is 0 Å². The minimum atomic E-state index is -1.27. The third-order valence-corrected chi connectivity index (χ3v) is 6.62. The maximum absolute atomic E-state index is 12.0. The minimum Gasteiger partial charge on any atom is -0.478 e. The van der Waals surface area contributed by atoms with Crippen LogP contribution in [0.15, 0.2) is 60.2 Å². The summed E-state index contributed by atoms with van der Waals surface area (Å²) in [5, 5.41) is 19.0. The Balaban J connectivity index is 1.64. The fourth-order valence-corrected chi connectivity index (χ4v) is 5.07. The van der Waals surface area contributed by atoms with E-state index in [1.54, 1.807) is 4.90 Å². The average Bonchev–Trinajstić information content (AvgIpc) is 3.26. The predicted molar refractivity (Wildman–Crippen MR) is 115 cm³/mol. The third-order valence-electron chi connectivity index (χ3n) is 5.36. The number of hydrogen-bond donors (Lipinski definition) is 2. The lowest BCUT2D eigenvalue weighted by Crippen LogP contribution is -2.46. The highest BCUT2D eigenvalue weighted by atomic mass is 32.2. The van der Waals surface area contributed by atoms with Gasteiger partial charge in [-0.15, -0.1) is 0 Å². The maximum atomic E-state index is 12.0. The summed E-state index contributed by atoms with van der Waals surface area (Å²) in [4.78, 5) is 32.5. The molecule has 1 aromatic rings. The van der Waals surface area contributed by atoms with Gasteiger partial charge < -0.3 is 24.9 Å². The highest BCUT2D eigenvalue weighted by Crippen LogP contribution is 2.46. The zero-order valence-electron chi connectivity index (χ0n) is 16.6. The molecule has 8 nitrogen and oxygen atoms in total. The van der Waals surface area contributed by atoms with Crippen molar-refractivity contribution in [3.63, 3.8) is 0 Å². The van der Waals surface area contributed by atoms with Gasteiger partial charge in [0.05, 0.1) is 11.8 Å². The van der Waals surface area contributed by atoms with E-state index in [9.17, 15) is 19.8 Å². The zero-order chi connectivity index (χ0) is 21.3. The molecule has 1 unspecified atom stereocenters. The van der Waals surface area contributed by atoms with Crippen molar-refractivity contribution in [2.45, 2.75) is 5.50 Å². The SMILES string of the molecule is CN1CCN(CC2=CN3C=C(c4ccccc4)SC3N2/C(=C\C(=O)O)C(=O)O)CC1. The van der Waals surface area contributed by atoms with Crippen LogP contribution in [0.2, 0.25) is 0 Å². The molecule has 3 heterocycles. The molecule has 1 fully saturated rings. The van der Waals surface area contributed by atoms with E-state index < -0.39 is 11.9 Å². The maximum Gasteiger partial charge on any atom is 0.352 e. The first kappa shape index (κ1) is 20.5. The molecule has 9 heteroatoms. The van der Waals surface area contributed by atoms with E-state index in [1.807, 2.05) is 47.6 Å². The van der Waals surface area contributed by atoms with Gasteiger partial charge in [-0.3, -0.25) is 4.90 Å². The Bertz CT molecular complexity index is 922. The van der Waals surface area contributed by atoms with Crippen molar-refractivity contribution in [2.24, 2.45) is 0 Å². The van der Waals surface area contributed by atoms with E-state index in [-0.39, 0.29) is 11.2 Å². The van der Waals surface area contributed by atoms with Crippen molar-refractivity contribution < 1.29 is 19.8 Å². The molecule has 3 aliphatic heterocycles. The molecule has 0 amide bonds. The molecule has 0 aromatic heterocycles. The highest BCUT2D eigenvalue weighted by molar-refractivity contribution is 8.09. The number of rotatable bonds is 6. The molecule has 158 valence electrons. The summed E-state index contributed by atoms with van der Waals surface area (Å²) in [6, 6.07) is 9.87. The third kappa shape index (κ3) is 4.23. The van der Waals surface area contributed by atoms with Gasteiger partial charge in [0.15, 0.2) is 5.50 Å². The molecule has 0 aliphatic carbocycles. The number of carbonyl (C=O) groups is 2. The van der Waals surface area contributed by atoms with Crippen LogP contribution in [0.4, 0.5) is 0 Å². The van der Waals surface area contributed by atoms with Crippen molar-refractivity contribution in [2.75, 3.05) is 39.8 Å². The number of fused-ring (bicyclic) bond motifs is 1. The Labute approximate surface area is 179 Å². The zero-order valence-corrected chi connectivity index (χ0v) is 17.5. The monoisotopic (exact) mass is 428 g/mol. The molecule has 1 aromatic carbocycles. The first-order chi connectivity index (χ1) is 14.4. The van der Waals surface area contributed by atoms with Gasteiger partial charge in [-0.25, -0.2) is 9.59 Å². The van der Waals surface area contributed by atoms with Gasteiger partial charge in [-0.1, -0.05) is 42.1 Å². The Hall–Kier alpha value is -2.75. The fourth-order valence-electron chi connectivity index (χ4n) is 3.79. The second-order valence-corrected chi connectivity index (χ2v) is 8.59. The lowest BCUT2D eigenvalue weighted by molar-refractivity contribution is -0.136. The smallest absolute Gasteiger partial charge is 0.352 e. The average molecular weight is 429 g/mol. The summed E-state index contributed by atoms with van der Waals surface area (Å²) >= 11 is 1.52. The molecule has 4 rings (SSSR count). The Morgan fingerprint density at radius 3 is 2.43 bits per heavy atom. The molecule has 0 radical (unpaired) electrons. The summed E-state index contributed by atoms with van der Waals surface area (Å²) in [6.45, 7) is 4.24. The summed E-state index contributed by atoms with van der Waals surface area (Å²) in [6.07, 6.45) is 4.71. The number of aliphatic carboxylic acids is 2. The molecule has 0 bridgehead atoms. The quantitative estimate of drug-likeness (QED) is 0.658. The van der Waals surface area contributed by atoms with Crippen molar-refractivity contribution >= 4 is 28.6 Å². The van der Waals surface area contributed by atoms with Crippen molar-refractivity contribution in [1.82, 2.24) is 19.6 Å². The van der Waals surface area contributed by atoms with Crippen LogP contribution >= 0.6 is 11.8 Å². The van der Waals surface area contributed by atoms with Crippen molar-refractivity contribution in [3.8, 4) is 0 Å². The molecule has 1 saturated heterocycles. The van der Waals surface area contributed by atoms with Gasteiger partial charge in [0, 0.05) is 50.0 Å². The fraction of sp³-hybridized carbons (Fsp3) is 0.333. The van der Waals surface area contributed by atoms with Crippen LogP contribution in [0, 0.1) is 0 Å². The number of likely N-dealkylation sites (N-methyl/N-ethyl adjacent to an activating group) is 1. The van der Waals surface area contributed by atoms with Crippen LogP contribution in [-0.2, 0) is 9.59 Å². The molecule has 3 aliphatic rings. The molecular formula is C21H24N4O4S. The van der Waals surface area contributed by atoms with E-state index in [1.165, 1.54) is 11.8 Å². The van der Waals surface area contributed by atoms with Crippen LogP contribution in [0.5, 0.6) is 0 Å². The van der Waals surface area contributed by atoms with Crippen LogP contribution in [-0.4, -0.2) is 87.0 Å². The second kappa shape index (κ2) is 8.55. The van der Waals surface area contributed by atoms with Gasteiger partial charge in [0.1, 0.15) is 5.70 Å². The van der Waals surface area contributed by atoms with Crippen molar-refractivity contribution in [3.05, 3.63) is 65.8 Å². The predicted octanol–water partition coefficient (Wildman–Crippen LogP) is 1.77. The Morgan fingerprint density at radius 2 is 1.80 bits per heavy atom. The standard InChI is InChI=1S/C21H24N4O4S/c1-22-7-9-23(10-8-22)12-16-13-24-14-18(15-5-3-2-4-6-15)30-21(24)25(16)17(20(28)29)11-19(26)27/h2-6,11,13-14,21H,7-10,12H2,1H3,(H,26,27)(H,28,29)/b17-11-. The van der Waals surface area contributed by atoms with Crippen LogP contribution in [0.1, 0.15) is 5.56 Å². The van der Waals surface area contributed by atoms with Gasteiger partial charge in [-0.05, 0) is 12.6 Å². The molecular weight excluding hydrogens is 404 g/mol. The van der Waals surface area contributed by atoms with Crippen LogP contribution in [0.25, 0.3) is 4.91 Å². The van der Waals surface area contributed by atoms with E-state index in [0.29, 0.717) is 6.54 Å². The van der Waals surface area contributed by atoms with E-state index >= 15 is 0 Å². The van der Waals surface area contributed by atoms with Crippen molar-refractivity contribution in [1.29, 1.82) is 0 Å². The molecule has 0 saturated carbocycles. The lowest BCUT2D eigenvalue weighted by Gasteiger charge is -2.35. The number of carboxylic acids is 2. The minimum absolute atomic E-state index is 0.231. The van der Waals surface area contributed by atoms with Gasteiger partial charge in [0.2, 0.25) is 0 Å². The molecule has 2 N–H and O–H groups in total. The topological polar surface area (TPSA) is 87.6 Å². The van der Waals surface area contributed by atoms with Crippen LogP contribution in [0.3, 0.4) is 0 Å². The Kier molecular flexibility index (Phi) is 5.85. The molecule has 1 atom stereocenters. The number of nitrogens with zero attached hydrogens (tertiary/aromatic N) is 4. The van der Waals surface area contributed by atoms with E-state index in [0.717, 1.165) is 48.4 Å². The first-order valence-corrected chi connectivity index (χ1v) is 10.6. The van der Waals surface area contributed by atoms with Crippen LogP contribution < -0.4 is 0 Å². The second-order valence-electron chi connectivity index (χ2n) is 7.49. The molecule has 0 spiro atoms. The highest BCUT2D eigenvalue weighted by Gasteiger charge is 2.41. The van der Waals surface area contributed by atoms with Gasteiger partial charge >= 0.3 is 11.9 Å². The summed E-state index contributed by atoms with van der Waals surface area (Å²) in [5.74, 6) is -2.53. The number of benzene rings is 1. The first-order valence-electron chi connectivity index (χ1n) is 9.72. The summed E-state index contributed by atoms with van der Waals surface area (Å²) in [5.41, 5.74) is 1.25.